The molecule has 4 N–H and O–H groups in total. The number of nitrogens with one attached hydrogen (secondary N) is 4. The van der Waals surface area contributed by atoms with Crippen LogP contribution in [-0.4, -0.2) is 47.1 Å². The second kappa shape index (κ2) is 13.6. The van der Waals surface area contributed by atoms with Gasteiger partial charge in [0, 0.05) is 30.2 Å². The highest BCUT2D eigenvalue weighted by atomic mass is 35.5. The highest BCUT2D eigenvalue weighted by molar-refractivity contribution is 6.32. The molecule has 0 spiro atoms. The Morgan fingerprint density at radius 1 is 0.900 bits per heavy atom. The Morgan fingerprint density at radius 2 is 1.65 bits per heavy atom. The summed E-state index contributed by atoms with van der Waals surface area (Å²) in [5.41, 5.74) is 3.09. The smallest absolute Gasteiger partial charge is 0.323 e. The normalized spacial score (nSPS) is 13.0. The van der Waals surface area contributed by atoms with Crippen LogP contribution in [0.1, 0.15) is 18.4 Å². The minimum absolute atomic E-state index is 0.326. The average Bonchev–Trinajstić information content (AvgIpc) is 3.49. The molecular formula is C30H32ClN7O2. The van der Waals surface area contributed by atoms with Crippen molar-refractivity contribution in [3.05, 3.63) is 95.6 Å². The third kappa shape index (κ3) is 7.84. The molecule has 1 saturated heterocycles. The first-order valence-electron chi connectivity index (χ1n) is 13.3. The number of ether oxygens (including phenoxy) is 1. The first kappa shape index (κ1) is 27.2. The number of urea groups is 1. The molecule has 0 unspecified atom stereocenters. The van der Waals surface area contributed by atoms with Crippen molar-refractivity contribution in [3.8, 4) is 5.75 Å². The number of rotatable bonds is 11. The number of benzene rings is 3. The first-order valence-corrected chi connectivity index (χ1v) is 13.7. The predicted octanol–water partition coefficient (Wildman–Crippen LogP) is 6.60. The molecule has 10 heteroatoms. The van der Waals surface area contributed by atoms with Gasteiger partial charge in [0.2, 0.25) is 5.95 Å². The van der Waals surface area contributed by atoms with Gasteiger partial charge < -0.3 is 26.0 Å². The lowest BCUT2D eigenvalue weighted by molar-refractivity contribution is 0.238. The van der Waals surface area contributed by atoms with Gasteiger partial charge in [0.1, 0.15) is 17.4 Å². The fourth-order valence-corrected chi connectivity index (χ4v) is 4.55. The summed E-state index contributed by atoms with van der Waals surface area (Å²) in [6.45, 7) is 4.36. The van der Waals surface area contributed by atoms with E-state index in [9.17, 15) is 4.79 Å². The molecular weight excluding hydrogens is 526 g/mol. The number of hydrogen-bond donors (Lipinski definition) is 4. The number of carbonyl (C=O) groups is 1. The van der Waals surface area contributed by atoms with Crippen LogP contribution in [-0.2, 0) is 6.54 Å². The fourth-order valence-electron chi connectivity index (χ4n) is 4.40. The zero-order valence-electron chi connectivity index (χ0n) is 22.1. The van der Waals surface area contributed by atoms with E-state index in [0.717, 1.165) is 23.5 Å². The summed E-state index contributed by atoms with van der Waals surface area (Å²) >= 11 is 6.38. The number of carbonyl (C=O) groups excluding carboxylic acids is 1. The fraction of sp³-hybridized carbons (Fsp3) is 0.233. The second-order valence-electron chi connectivity index (χ2n) is 9.39. The van der Waals surface area contributed by atoms with Gasteiger partial charge in [-0.1, -0.05) is 48.0 Å². The van der Waals surface area contributed by atoms with E-state index in [1.54, 1.807) is 6.20 Å². The standard InChI is InChI=1S/C30H32ClN7O2/c31-26-21-33-29(34-24-12-14-25(15-13-24)40-19-18-38-16-6-7-17-38)37-28(26)32-20-22-8-4-5-11-27(22)36-30(39)35-23-9-2-1-3-10-23/h1-5,8-15,21H,6-7,16-20H2,(H2,35,36,39)(H2,32,33,34,37). The summed E-state index contributed by atoms with van der Waals surface area (Å²) in [7, 11) is 0. The van der Waals surface area contributed by atoms with Crippen LogP contribution in [0.3, 0.4) is 0 Å². The van der Waals surface area contributed by atoms with Crippen molar-refractivity contribution in [1.82, 2.24) is 14.9 Å². The summed E-state index contributed by atoms with van der Waals surface area (Å²) in [5, 5.41) is 12.6. The molecule has 1 aromatic heterocycles. The zero-order chi connectivity index (χ0) is 27.6. The largest absolute Gasteiger partial charge is 0.492 e. The molecule has 1 fully saturated rings. The number of amides is 2. The third-order valence-corrected chi connectivity index (χ3v) is 6.75. The highest BCUT2D eigenvalue weighted by Crippen LogP contribution is 2.24. The zero-order valence-corrected chi connectivity index (χ0v) is 22.8. The Morgan fingerprint density at radius 3 is 2.45 bits per heavy atom. The van der Waals surface area contributed by atoms with Gasteiger partial charge in [0.25, 0.3) is 0 Å². The van der Waals surface area contributed by atoms with Crippen LogP contribution in [0.5, 0.6) is 5.75 Å². The minimum atomic E-state index is -0.326. The Bertz CT molecular complexity index is 1400. The van der Waals surface area contributed by atoms with Gasteiger partial charge in [0.05, 0.1) is 6.20 Å². The molecule has 0 radical (unpaired) electrons. The van der Waals surface area contributed by atoms with Crippen LogP contribution in [0, 0.1) is 0 Å². The molecule has 1 aliphatic rings. The number of para-hydroxylation sites is 2. The van der Waals surface area contributed by atoms with Crippen LogP contribution in [0.25, 0.3) is 0 Å². The van der Waals surface area contributed by atoms with E-state index in [1.165, 1.54) is 25.9 Å². The van der Waals surface area contributed by atoms with E-state index in [4.69, 9.17) is 16.3 Å². The maximum atomic E-state index is 12.5. The van der Waals surface area contributed by atoms with Crippen molar-refractivity contribution < 1.29 is 9.53 Å². The summed E-state index contributed by atoms with van der Waals surface area (Å²) in [5.74, 6) is 1.71. The molecule has 3 aromatic carbocycles. The lowest BCUT2D eigenvalue weighted by atomic mass is 10.1. The van der Waals surface area contributed by atoms with E-state index in [0.29, 0.717) is 41.3 Å². The Kier molecular flexibility index (Phi) is 9.29. The molecule has 1 aliphatic heterocycles. The van der Waals surface area contributed by atoms with E-state index in [1.807, 2.05) is 78.9 Å². The number of aromatic nitrogens is 2. The van der Waals surface area contributed by atoms with Crippen LogP contribution in [0.4, 0.5) is 33.6 Å². The van der Waals surface area contributed by atoms with Crippen molar-refractivity contribution in [2.45, 2.75) is 19.4 Å². The topological polar surface area (TPSA) is 103 Å². The molecule has 0 atom stereocenters. The van der Waals surface area contributed by atoms with Crippen LogP contribution < -0.4 is 26.0 Å². The third-order valence-electron chi connectivity index (χ3n) is 6.47. The predicted molar refractivity (Wildman–Crippen MR) is 161 cm³/mol. The van der Waals surface area contributed by atoms with E-state index >= 15 is 0 Å². The quantitative estimate of drug-likeness (QED) is 0.165. The molecule has 9 nitrogen and oxygen atoms in total. The van der Waals surface area contributed by atoms with Gasteiger partial charge in [-0.2, -0.15) is 4.98 Å². The van der Waals surface area contributed by atoms with Gasteiger partial charge in [0.15, 0.2) is 5.82 Å². The van der Waals surface area contributed by atoms with Crippen molar-refractivity contribution >= 4 is 46.5 Å². The first-order chi connectivity index (χ1) is 19.6. The summed E-state index contributed by atoms with van der Waals surface area (Å²) in [4.78, 5) is 23.8. The van der Waals surface area contributed by atoms with Crippen molar-refractivity contribution in [3.63, 3.8) is 0 Å². The molecule has 40 heavy (non-hydrogen) atoms. The average molecular weight is 558 g/mol. The van der Waals surface area contributed by atoms with E-state index in [-0.39, 0.29) is 6.03 Å². The number of hydrogen-bond acceptors (Lipinski definition) is 7. The van der Waals surface area contributed by atoms with Crippen molar-refractivity contribution in [2.24, 2.45) is 0 Å². The van der Waals surface area contributed by atoms with Gasteiger partial charge >= 0.3 is 6.03 Å². The maximum Gasteiger partial charge on any atom is 0.323 e. The molecule has 0 saturated carbocycles. The molecule has 4 aromatic rings. The number of anilines is 5. The molecule has 2 heterocycles. The van der Waals surface area contributed by atoms with Gasteiger partial charge in [-0.15, -0.1) is 0 Å². The van der Waals surface area contributed by atoms with E-state index in [2.05, 4.69) is 36.1 Å². The van der Waals surface area contributed by atoms with Crippen LogP contribution >= 0.6 is 11.6 Å². The summed E-state index contributed by atoms with van der Waals surface area (Å²) in [6, 6.07) is 24.2. The monoisotopic (exact) mass is 557 g/mol. The molecule has 0 aliphatic carbocycles. The Labute approximate surface area is 238 Å². The SMILES string of the molecule is O=C(Nc1ccccc1)Nc1ccccc1CNc1nc(Nc2ccc(OCCN3CCCC3)cc2)ncc1Cl. The summed E-state index contributed by atoms with van der Waals surface area (Å²) < 4.78 is 5.89. The Hall–Kier alpha value is -4.34. The lowest BCUT2D eigenvalue weighted by Crippen LogP contribution is -2.25. The number of halogens is 1. The highest BCUT2D eigenvalue weighted by Gasteiger charge is 2.12. The molecule has 0 bridgehead atoms. The Balaban J connectivity index is 1.16. The number of likely N-dealkylation sites (tertiary alicyclic amines) is 1. The van der Waals surface area contributed by atoms with Gasteiger partial charge in [-0.3, -0.25) is 4.90 Å². The molecule has 2 amide bonds. The maximum absolute atomic E-state index is 12.5. The lowest BCUT2D eigenvalue weighted by Gasteiger charge is -2.15. The van der Waals surface area contributed by atoms with Crippen molar-refractivity contribution in [1.29, 1.82) is 0 Å². The van der Waals surface area contributed by atoms with E-state index < -0.39 is 0 Å². The summed E-state index contributed by atoms with van der Waals surface area (Å²) in [6.07, 6.45) is 4.11. The van der Waals surface area contributed by atoms with Gasteiger partial charge in [-0.05, 0) is 74.0 Å². The van der Waals surface area contributed by atoms with Crippen molar-refractivity contribution in [2.75, 3.05) is 47.5 Å². The molecule has 5 rings (SSSR count). The number of nitrogens with zero attached hydrogens (tertiary/aromatic N) is 3. The second-order valence-corrected chi connectivity index (χ2v) is 9.80. The minimum Gasteiger partial charge on any atom is -0.492 e. The van der Waals surface area contributed by atoms with Crippen LogP contribution in [0.15, 0.2) is 85.1 Å². The van der Waals surface area contributed by atoms with Gasteiger partial charge in [-0.25, -0.2) is 9.78 Å². The molecule has 206 valence electrons. The van der Waals surface area contributed by atoms with Crippen LogP contribution in [0.2, 0.25) is 5.02 Å².